The van der Waals surface area contributed by atoms with Crippen LogP contribution in [0.1, 0.15) is 40.4 Å². The van der Waals surface area contributed by atoms with E-state index in [1.54, 1.807) is 0 Å². The Kier molecular flexibility index (Phi) is 7.24. The lowest BCUT2D eigenvalue weighted by Crippen LogP contribution is -2.24. The summed E-state index contributed by atoms with van der Waals surface area (Å²) < 4.78 is 4.83. The van der Waals surface area contributed by atoms with E-state index in [9.17, 15) is 0 Å². The maximum absolute atomic E-state index is 5.22. The molecule has 0 spiro atoms. The summed E-state index contributed by atoms with van der Waals surface area (Å²) in [6, 6.07) is 59.4. The third-order valence-corrected chi connectivity index (χ3v) is 11.5. The van der Waals surface area contributed by atoms with Crippen molar-refractivity contribution in [3.05, 3.63) is 198 Å². The first-order chi connectivity index (χ1) is 27.2. The van der Waals surface area contributed by atoms with E-state index in [0.29, 0.717) is 0 Å². The van der Waals surface area contributed by atoms with Gasteiger partial charge in [-0.3, -0.25) is 0 Å². The molecule has 1 atom stereocenters. The highest BCUT2D eigenvalue weighted by Crippen LogP contribution is 2.40. The molecular formula is C51H38N4. The first kappa shape index (κ1) is 31.6. The van der Waals surface area contributed by atoms with Crippen LogP contribution in [-0.4, -0.2) is 14.8 Å². The summed E-state index contributed by atoms with van der Waals surface area (Å²) in [6.07, 6.45) is 6.74. The number of hydrogen-bond acceptors (Lipinski definition) is 2. The van der Waals surface area contributed by atoms with Crippen LogP contribution in [0.2, 0.25) is 0 Å². The van der Waals surface area contributed by atoms with Crippen LogP contribution in [0.5, 0.6) is 0 Å². The van der Waals surface area contributed by atoms with E-state index in [2.05, 4.69) is 197 Å². The van der Waals surface area contributed by atoms with Gasteiger partial charge in [0.15, 0.2) is 0 Å². The van der Waals surface area contributed by atoms with E-state index in [1.807, 2.05) is 0 Å². The maximum Gasteiger partial charge on any atom is 0.0947 e. The zero-order valence-electron chi connectivity index (χ0n) is 30.6. The summed E-state index contributed by atoms with van der Waals surface area (Å²) >= 11 is 0. The number of hydrogen-bond donors (Lipinski definition) is 1. The number of nitrogens with one attached hydrogen (secondary N) is 1. The molecule has 9 aromatic rings. The molecule has 0 bridgehead atoms. The van der Waals surface area contributed by atoms with Crippen LogP contribution in [0.15, 0.2) is 175 Å². The Hall–Kier alpha value is -6.91. The van der Waals surface area contributed by atoms with Gasteiger partial charge in [-0.2, -0.15) is 0 Å². The Bertz CT molecular complexity index is 3000. The lowest BCUT2D eigenvalue weighted by molar-refractivity contribution is 0.967. The summed E-state index contributed by atoms with van der Waals surface area (Å²) in [4.78, 5) is 5.22. The molecule has 55 heavy (non-hydrogen) atoms. The van der Waals surface area contributed by atoms with Crippen LogP contribution < -0.4 is 5.32 Å². The Balaban J connectivity index is 1.02. The number of benzene rings is 7. The van der Waals surface area contributed by atoms with Crippen LogP contribution >= 0.6 is 0 Å². The van der Waals surface area contributed by atoms with Crippen LogP contribution in [0.25, 0.3) is 61.3 Å². The number of fused-ring (bicyclic) bond motifs is 7. The Morgan fingerprint density at radius 3 is 1.96 bits per heavy atom. The molecule has 11 rings (SSSR count). The molecule has 262 valence electrons. The van der Waals surface area contributed by atoms with Crippen LogP contribution in [0, 0.1) is 6.92 Å². The Morgan fingerprint density at radius 2 is 1.18 bits per heavy atom. The van der Waals surface area contributed by atoms with Crippen molar-refractivity contribution in [2.45, 2.75) is 25.8 Å². The molecule has 2 aliphatic rings. The molecule has 1 N–H and O–H groups in total. The summed E-state index contributed by atoms with van der Waals surface area (Å²) in [5, 5.41) is 7.64. The molecule has 2 aromatic heterocycles. The Labute approximate surface area is 320 Å². The average Bonchev–Trinajstić information content (AvgIpc) is 3.75. The van der Waals surface area contributed by atoms with Gasteiger partial charge in [0.1, 0.15) is 0 Å². The van der Waals surface area contributed by atoms with Gasteiger partial charge in [0.05, 0.1) is 39.7 Å². The molecule has 0 radical (unpaired) electrons. The molecule has 1 unspecified atom stereocenters. The fourth-order valence-corrected chi connectivity index (χ4v) is 8.88. The third kappa shape index (κ3) is 5.17. The van der Waals surface area contributed by atoms with Crippen molar-refractivity contribution in [2.75, 3.05) is 5.32 Å². The fourth-order valence-electron chi connectivity index (χ4n) is 8.88. The minimum Gasteiger partial charge on any atom is -0.371 e. The SMILES string of the molecule is Cc1ccc2c(c1)c1cc(-c3ccc4c(c3)c3c(n4-c4ccccc4)C=CCC3)ccc1n2-c1ccc(C2=Nc3ccccc3NC2c2ccccc2)cc1. The average molecular weight is 707 g/mol. The molecule has 3 heterocycles. The summed E-state index contributed by atoms with van der Waals surface area (Å²) in [6.45, 7) is 2.18. The van der Waals surface area contributed by atoms with Crippen molar-refractivity contribution < 1.29 is 0 Å². The van der Waals surface area contributed by atoms with Gasteiger partial charge in [0, 0.05) is 33.2 Å². The zero-order chi connectivity index (χ0) is 36.5. The second kappa shape index (κ2) is 12.6. The molecule has 1 aliphatic carbocycles. The number of aliphatic imine (C=N–C) groups is 1. The predicted molar refractivity (Wildman–Crippen MR) is 231 cm³/mol. The Morgan fingerprint density at radius 1 is 0.564 bits per heavy atom. The fraction of sp³-hybridized carbons (Fsp3) is 0.0784. The summed E-state index contributed by atoms with van der Waals surface area (Å²) in [5.41, 5.74) is 17.8. The second-order valence-electron chi connectivity index (χ2n) is 14.8. The first-order valence-corrected chi connectivity index (χ1v) is 19.2. The van der Waals surface area contributed by atoms with Gasteiger partial charge >= 0.3 is 0 Å². The molecule has 4 nitrogen and oxygen atoms in total. The number of anilines is 1. The maximum atomic E-state index is 5.22. The zero-order valence-corrected chi connectivity index (χ0v) is 30.6. The summed E-state index contributed by atoms with van der Waals surface area (Å²) in [5.74, 6) is 0. The van der Waals surface area contributed by atoms with Crippen molar-refractivity contribution in [2.24, 2.45) is 4.99 Å². The molecule has 0 fully saturated rings. The first-order valence-electron chi connectivity index (χ1n) is 19.2. The molecule has 4 heteroatoms. The van der Waals surface area contributed by atoms with Crippen LogP contribution in [0.3, 0.4) is 0 Å². The molecule has 0 amide bonds. The van der Waals surface area contributed by atoms with Gasteiger partial charge in [-0.25, -0.2) is 4.99 Å². The van der Waals surface area contributed by atoms with Crippen molar-refractivity contribution in [3.8, 4) is 22.5 Å². The van der Waals surface area contributed by atoms with E-state index in [-0.39, 0.29) is 6.04 Å². The number of aryl methyl sites for hydroxylation is 2. The number of para-hydroxylation sites is 3. The number of nitrogens with zero attached hydrogens (tertiary/aromatic N) is 3. The smallest absolute Gasteiger partial charge is 0.0947 e. The van der Waals surface area contributed by atoms with E-state index < -0.39 is 0 Å². The van der Waals surface area contributed by atoms with Gasteiger partial charge < -0.3 is 14.5 Å². The molecule has 0 saturated carbocycles. The molecule has 1 aliphatic heterocycles. The van der Waals surface area contributed by atoms with Crippen molar-refractivity contribution in [1.29, 1.82) is 0 Å². The largest absolute Gasteiger partial charge is 0.371 e. The summed E-state index contributed by atoms with van der Waals surface area (Å²) in [7, 11) is 0. The monoisotopic (exact) mass is 706 g/mol. The van der Waals surface area contributed by atoms with E-state index in [0.717, 1.165) is 41.2 Å². The van der Waals surface area contributed by atoms with Crippen molar-refractivity contribution in [1.82, 2.24) is 9.13 Å². The molecular weight excluding hydrogens is 669 g/mol. The van der Waals surface area contributed by atoms with Gasteiger partial charge in [0.25, 0.3) is 0 Å². The minimum absolute atomic E-state index is 0.0466. The van der Waals surface area contributed by atoms with Gasteiger partial charge in [-0.05, 0) is 126 Å². The lowest BCUT2D eigenvalue weighted by Gasteiger charge is -2.28. The topological polar surface area (TPSA) is 34.2 Å². The number of aromatic nitrogens is 2. The normalized spacial score (nSPS) is 14.9. The third-order valence-electron chi connectivity index (χ3n) is 11.5. The highest BCUT2D eigenvalue weighted by molar-refractivity contribution is 6.12. The minimum atomic E-state index is -0.0466. The van der Waals surface area contributed by atoms with Crippen molar-refractivity contribution >= 4 is 55.9 Å². The molecule has 0 saturated heterocycles. The predicted octanol–water partition coefficient (Wildman–Crippen LogP) is 13.0. The van der Waals surface area contributed by atoms with E-state index >= 15 is 0 Å². The van der Waals surface area contributed by atoms with E-state index in [1.165, 1.54) is 71.9 Å². The van der Waals surface area contributed by atoms with Gasteiger partial charge in [-0.1, -0.05) is 103 Å². The number of rotatable bonds is 5. The highest BCUT2D eigenvalue weighted by atomic mass is 15.0. The van der Waals surface area contributed by atoms with Crippen LogP contribution in [0.4, 0.5) is 11.4 Å². The highest BCUT2D eigenvalue weighted by Gasteiger charge is 2.26. The standard InChI is InChI=1S/C51H38N4/c1-33-20-27-47-41(30-33)43-32-37(36-23-28-48-42(31-36)40-16-8-11-19-46(40)54(48)38-14-6-3-7-15-38)24-29-49(43)55(47)39-25-21-35(22-26-39)51-50(34-12-4-2-5-13-34)52-44-17-9-10-18-45(44)53-51/h2-7,9-15,17-32,50,52H,8,16H2,1H3. The number of allylic oxidation sites excluding steroid dienone is 1. The second-order valence-corrected chi connectivity index (χ2v) is 14.8. The van der Waals surface area contributed by atoms with E-state index in [4.69, 9.17) is 4.99 Å². The van der Waals surface area contributed by atoms with Crippen molar-refractivity contribution in [3.63, 3.8) is 0 Å². The van der Waals surface area contributed by atoms with Crippen LogP contribution in [-0.2, 0) is 6.42 Å². The van der Waals surface area contributed by atoms with Gasteiger partial charge in [-0.15, -0.1) is 0 Å². The lowest BCUT2D eigenvalue weighted by atomic mass is 9.94. The quantitative estimate of drug-likeness (QED) is 0.190. The molecule has 7 aromatic carbocycles. The van der Waals surface area contributed by atoms with Gasteiger partial charge in [0.2, 0.25) is 0 Å².